The van der Waals surface area contributed by atoms with Crippen LogP contribution in [0.5, 0.6) is 5.75 Å². The molecule has 0 radical (unpaired) electrons. The van der Waals surface area contributed by atoms with Crippen LogP contribution in [0.15, 0.2) is 42.5 Å². The second-order valence-corrected chi connectivity index (χ2v) is 6.69. The summed E-state index contributed by atoms with van der Waals surface area (Å²) >= 11 is 12.6. The summed E-state index contributed by atoms with van der Waals surface area (Å²) < 4.78 is 5.71. The Morgan fingerprint density at radius 1 is 1.04 bits per heavy atom. The van der Waals surface area contributed by atoms with Crippen molar-refractivity contribution in [2.75, 3.05) is 18.6 Å². The molecule has 0 aromatic heterocycles. The average molecular weight is 380 g/mol. The van der Waals surface area contributed by atoms with E-state index in [1.54, 1.807) is 24.1 Å². The van der Waals surface area contributed by atoms with Crippen LogP contribution in [0, 0.1) is 0 Å². The molecule has 0 aliphatic carbocycles. The number of unbranched alkanes of at least 4 members (excludes halogenated alkanes) is 3. The van der Waals surface area contributed by atoms with Crippen LogP contribution in [-0.4, -0.2) is 19.6 Å². The number of para-hydroxylation sites is 1. The van der Waals surface area contributed by atoms with Gasteiger partial charge >= 0.3 is 0 Å². The van der Waals surface area contributed by atoms with E-state index in [1.807, 2.05) is 30.3 Å². The zero-order valence-electron chi connectivity index (χ0n) is 14.6. The second kappa shape index (κ2) is 9.69. The molecule has 2 aromatic carbocycles. The van der Waals surface area contributed by atoms with Gasteiger partial charge in [0.05, 0.1) is 16.7 Å². The summed E-state index contributed by atoms with van der Waals surface area (Å²) in [6.07, 6.45) is 4.43. The smallest absolute Gasteiger partial charge is 0.258 e. The fourth-order valence-corrected chi connectivity index (χ4v) is 3.08. The molecule has 0 aliphatic rings. The molecule has 0 fully saturated rings. The molecule has 0 unspecified atom stereocenters. The van der Waals surface area contributed by atoms with Crippen molar-refractivity contribution < 1.29 is 9.53 Å². The highest BCUT2D eigenvalue weighted by Gasteiger charge is 2.18. The van der Waals surface area contributed by atoms with Crippen molar-refractivity contribution in [2.45, 2.75) is 32.6 Å². The molecule has 0 saturated heterocycles. The number of nitrogens with zero attached hydrogens (tertiary/aromatic N) is 1. The molecule has 134 valence electrons. The number of benzene rings is 2. The second-order valence-electron chi connectivity index (χ2n) is 5.88. The Bertz CT molecular complexity index is 681. The number of amides is 1. The van der Waals surface area contributed by atoms with Crippen molar-refractivity contribution in [2.24, 2.45) is 0 Å². The van der Waals surface area contributed by atoms with Crippen molar-refractivity contribution >= 4 is 34.8 Å². The summed E-state index contributed by atoms with van der Waals surface area (Å²) in [4.78, 5) is 14.2. The van der Waals surface area contributed by atoms with E-state index in [0.717, 1.165) is 18.5 Å². The highest BCUT2D eigenvalue weighted by molar-refractivity contribution is 6.37. The van der Waals surface area contributed by atoms with Gasteiger partial charge in [-0.3, -0.25) is 4.79 Å². The molecule has 0 heterocycles. The SMILES string of the molecule is CCCCCCOc1c(Cl)cc(C(=O)N(C)c2ccccc2)cc1Cl. The lowest BCUT2D eigenvalue weighted by molar-refractivity contribution is 0.0993. The van der Waals surface area contributed by atoms with E-state index in [1.165, 1.54) is 12.8 Å². The van der Waals surface area contributed by atoms with E-state index in [4.69, 9.17) is 27.9 Å². The lowest BCUT2D eigenvalue weighted by Gasteiger charge is -2.18. The van der Waals surface area contributed by atoms with Gasteiger partial charge in [0, 0.05) is 18.3 Å². The van der Waals surface area contributed by atoms with Gasteiger partial charge in [0.15, 0.2) is 5.75 Å². The van der Waals surface area contributed by atoms with E-state index in [9.17, 15) is 4.79 Å². The number of rotatable bonds is 8. The monoisotopic (exact) mass is 379 g/mol. The fraction of sp³-hybridized carbons (Fsp3) is 0.350. The third-order valence-corrected chi connectivity index (χ3v) is 4.50. The van der Waals surface area contributed by atoms with Crippen molar-refractivity contribution in [3.05, 3.63) is 58.1 Å². The summed E-state index contributed by atoms with van der Waals surface area (Å²) in [5.41, 5.74) is 1.23. The molecule has 0 spiro atoms. The predicted molar refractivity (Wildman–Crippen MR) is 105 cm³/mol. The first-order valence-electron chi connectivity index (χ1n) is 8.49. The summed E-state index contributed by atoms with van der Waals surface area (Å²) in [5, 5.41) is 0.709. The molecular weight excluding hydrogens is 357 g/mol. The Morgan fingerprint density at radius 2 is 1.68 bits per heavy atom. The molecule has 3 nitrogen and oxygen atoms in total. The minimum Gasteiger partial charge on any atom is -0.490 e. The Balaban J connectivity index is 2.09. The first-order valence-corrected chi connectivity index (χ1v) is 9.25. The van der Waals surface area contributed by atoms with Crippen molar-refractivity contribution in [1.29, 1.82) is 0 Å². The Hall–Kier alpha value is -1.71. The maximum atomic E-state index is 12.7. The summed E-state index contributed by atoms with van der Waals surface area (Å²) in [6.45, 7) is 2.73. The van der Waals surface area contributed by atoms with Gasteiger partial charge in [0.25, 0.3) is 5.91 Å². The van der Waals surface area contributed by atoms with E-state index in [-0.39, 0.29) is 5.91 Å². The van der Waals surface area contributed by atoms with E-state index >= 15 is 0 Å². The Kier molecular flexibility index (Phi) is 7.60. The van der Waals surface area contributed by atoms with Crippen LogP contribution < -0.4 is 9.64 Å². The van der Waals surface area contributed by atoms with Crippen LogP contribution in [0.4, 0.5) is 5.69 Å². The Labute approximate surface area is 159 Å². The summed E-state index contributed by atoms with van der Waals surface area (Å²) in [6, 6.07) is 12.6. The van der Waals surface area contributed by atoms with E-state index in [0.29, 0.717) is 28.0 Å². The molecule has 0 aliphatic heterocycles. The summed E-state index contributed by atoms with van der Waals surface area (Å²) in [5.74, 6) is 0.267. The quantitative estimate of drug-likeness (QED) is 0.508. The number of hydrogen-bond donors (Lipinski definition) is 0. The molecule has 2 rings (SSSR count). The van der Waals surface area contributed by atoms with Gasteiger partial charge in [-0.25, -0.2) is 0 Å². The number of anilines is 1. The molecular formula is C20H23Cl2NO2. The zero-order chi connectivity index (χ0) is 18.2. The number of hydrogen-bond acceptors (Lipinski definition) is 2. The highest BCUT2D eigenvalue weighted by Crippen LogP contribution is 2.35. The van der Waals surface area contributed by atoms with Crippen molar-refractivity contribution in [3.63, 3.8) is 0 Å². The number of carbonyl (C=O) groups is 1. The molecule has 0 N–H and O–H groups in total. The lowest BCUT2D eigenvalue weighted by atomic mass is 10.1. The number of ether oxygens (including phenoxy) is 1. The standard InChI is InChI=1S/C20H23Cl2NO2/c1-3-4-5-9-12-25-19-17(21)13-15(14-18(19)22)20(24)23(2)16-10-7-6-8-11-16/h6-8,10-11,13-14H,3-5,9,12H2,1-2H3. The lowest BCUT2D eigenvalue weighted by Crippen LogP contribution is -2.26. The fourth-order valence-electron chi connectivity index (χ4n) is 2.49. The molecule has 0 saturated carbocycles. The van der Waals surface area contributed by atoms with Gasteiger partial charge < -0.3 is 9.64 Å². The number of carbonyl (C=O) groups excluding carboxylic acids is 1. The largest absolute Gasteiger partial charge is 0.490 e. The predicted octanol–water partition coefficient (Wildman–Crippen LogP) is 6.23. The molecule has 1 amide bonds. The number of halogens is 2. The van der Waals surface area contributed by atoms with Crippen LogP contribution >= 0.6 is 23.2 Å². The first-order chi connectivity index (χ1) is 12.0. The van der Waals surface area contributed by atoms with Gasteiger partial charge in [0.2, 0.25) is 0 Å². The maximum absolute atomic E-state index is 12.7. The molecule has 0 atom stereocenters. The van der Waals surface area contributed by atoms with E-state index in [2.05, 4.69) is 6.92 Å². The highest BCUT2D eigenvalue weighted by atomic mass is 35.5. The van der Waals surface area contributed by atoms with Crippen LogP contribution in [-0.2, 0) is 0 Å². The minimum absolute atomic E-state index is 0.176. The van der Waals surface area contributed by atoms with Crippen molar-refractivity contribution in [3.8, 4) is 5.75 Å². The van der Waals surface area contributed by atoms with Crippen LogP contribution in [0.1, 0.15) is 43.0 Å². The maximum Gasteiger partial charge on any atom is 0.258 e. The van der Waals surface area contributed by atoms with Gasteiger partial charge in [-0.1, -0.05) is 67.6 Å². The van der Waals surface area contributed by atoms with Gasteiger partial charge in [-0.2, -0.15) is 0 Å². The van der Waals surface area contributed by atoms with Gasteiger partial charge in [-0.15, -0.1) is 0 Å². The molecule has 2 aromatic rings. The third kappa shape index (κ3) is 5.38. The topological polar surface area (TPSA) is 29.5 Å². The van der Waals surface area contributed by atoms with Crippen molar-refractivity contribution in [1.82, 2.24) is 0 Å². The van der Waals surface area contributed by atoms with Crippen LogP contribution in [0.3, 0.4) is 0 Å². The first kappa shape index (κ1) is 19.6. The molecule has 25 heavy (non-hydrogen) atoms. The van der Waals surface area contributed by atoms with E-state index < -0.39 is 0 Å². The van der Waals surface area contributed by atoms with Crippen LogP contribution in [0.2, 0.25) is 10.0 Å². The van der Waals surface area contributed by atoms with Gasteiger partial charge in [0.1, 0.15) is 0 Å². The van der Waals surface area contributed by atoms with Gasteiger partial charge in [-0.05, 0) is 30.7 Å². The molecule has 5 heteroatoms. The zero-order valence-corrected chi connectivity index (χ0v) is 16.1. The summed E-state index contributed by atoms with van der Waals surface area (Å²) in [7, 11) is 1.72. The normalized spacial score (nSPS) is 10.6. The average Bonchev–Trinajstić information content (AvgIpc) is 2.62. The minimum atomic E-state index is -0.176. The third-order valence-electron chi connectivity index (χ3n) is 3.94. The molecule has 0 bridgehead atoms. The Morgan fingerprint density at radius 3 is 2.28 bits per heavy atom. The van der Waals surface area contributed by atoms with Crippen LogP contribution in [0.25, 0.3) is 0 Å².